The first kappa shape index (κ1) is 18.8. The molecule has 0 aromatic rings. The van der Waals surface area contributed by atoms with Crippen molar-refractivity contribution in [3.05, 3.63) is 103 Å². The van der Waals surface area contributed by atoms with Crippen LogP contribution in [0.15, 0.2) is 113 Å². The fraction of sp³-hybridized carbons (Fsp3) is 0.0476. The Labute approximate surface area is 143 Å². The number of allylic oxidation sites excluding steroid dienone is 10. The molecule has 0 amide bonds. The zero-order valence-corrected chi connectivity index (χ0v) is 13.8. The van der Waals surface area contributed by atoms with Crippen molar-refractivity contribution in [2.75, 3.05) is 0 Å². The highest BCUT2D eigenvalue weighted by molar-refractivity contribution is 6.13. The highest BCUT2D eigenvalue weighted by Crippen LogP contribution is 2.08. The number of nitrogens with zero attached hydrogens (tertiary/aromatic N) is 2. The molecule has 0 aromatic carbocycles. The van der Waals surface area contributed by atoms with Gasteiger partial charge in [0.1, 0.15) is 5.84 Å². The molecule has 24 heavy (non-hydrogen) atoms. The van der Waals surface area contributed by atoms with E-state index < -0.39 is 0 Å². The van der Waals surface area contributed by atoms with E-state index in [2.05, 4.69) is 28.9 Å². The number of amidine groups is 2. The van der Waals surface area contributed by atoms with Crippen molar-refractivity contribution in [3.63, 3.8) is 0 Å². The van der Waals surface area contributed by atoms with Crippen LogP contribution in [0.4, 0.5) is 0 Å². The summed E-state index contributed by atoms with van der Waals surface area (Å²) in [5.41, 5.74) is 4.68. The van der Waals surface area contributed by atoms with Gasteiger partial charge in [-0.1, -0.05) is 61.8 Å². The van der Waals surface area contributed by atoms with E-state index in [1.165, 1.54) is 0 Å². The first-order valence-corrected chi connectivity index (χ1v) is 7.47. The van der Waals surface area contributed by atoms with Crippen LogP contribution >= 0.6 is 0 Å². The van der Waals surface area contributed by atoms with E-state index in [1.54, 1.807) is 54.8 Å². The van der Waals surface area contributed by atoms with Gasteiger partial charge in [-0.3, -0.25) is 5.41 Å². The summed E-state index contributed by atoms with van der Waals surface area (Å²) < 4.78 is 0. The van der Waals surface area contributed by atoms with Crippen LogP contribution in [0.25, 0.3) is 0 Å². The monoisotopic (exact) mass is 315 g/mol. The Balaban J connectivity index is 3.04. The van der Waals surface area contributed by atoms with E-state index in [-0.39, 0.29) is 5.84 Å². The molecule has 0 bridgehead atoms. The predicted octanol–water partition coefficient (Wildman–Crippen LogP) is 5.07. The molecule has 3 nitrogen and oxygen atoms in total. The normalized spacial score (nSPS) is 15.3. The van der Waals surface area contributed by atoms with Gasteiger partial charge in [-0.15, -0.1) is 5.73 Å². The highest BCUT2D eigenvalue weighted by Gasteiger charge is 2.05. The molecular weight excluding hydrogens is 294 g/mol. The van der Waals surface area contributed by atoms with Crippen LogP contribution in [0.3, 0.4) is 0 Å². The molecule has 0 aliphatic heterocycles. The summed E-state index contributed by atoms with van der Waals surface area (Å²) >= 11 is 0. The van der Waals surface area contributed by atoms with Crippen molar-refractivity contribution in [1.29, 1.82) is 5.41 Å². The Morgan fingerprint density at radius 1 is 1.17 bits per heavy atom. The summed E-state index contributed by atoms with van der Waals surface area (Å²) in [6, 6.07) is 0. The number of rotatable bonds is 7. The van der Waals surface area contributed by atoms with Gasteiger partial charge < -0.3 is 0 Å². The van der Waals surface area contributed by atoms with Crippen molar-refractivity contribution < 1.29 is 0 Å². The molecule has 120 valence electrons. The number of aliphatic imine (C=N–C) groups is 2. The second-order valence-electron chi connectivity index (χ2n) is 4.56. The molecule has 1 aliphatic carbocycles. The van der Waals surface area contributed by atoms with Gasteiger partial charge in [-0.05, 0) is 36.8 Å². The molecule has 0 aromatic heterocycles. The lowest BCUT2D eigenvalue weighted by Gasteiger charge is -2.00. The molecule has 0 heterocycles. The van der Waals surface area contributed by atoms with Crippen LogP contribution in [0, 0.1) is 5.41 Å². The minimum absolute atomic E-state index is 0.109. The van der Waals surface area contributed by atoms with Crippen LogP contribution in [-0.4, -0.2) is 17.9 Å². The smallest absolute Gasteiger partial charge is 0.162 e. The molecule has 1 rings (SSSR count). The molecule has 1 N–H and O–H groups in total. The van der Waals surface area contributed by atoms with Crippen molar-refractivity contribution in [3.8, 4) is 0 Å². The van der Waals surface area contributed by atoms with Crippen molar-refractivity contribution >= 4 is 17.9 Å². The summed E-state index contributed by atoms with van der Waals surface area (Å²) in [6.07, 6.45) is 23.1. The average Bonchev–Trinajstić information content (AvgIpc) is 3.10. The zero-order chi connectivity index (χ0) is 17.6. The van der Waals surface area contributed by atoms with Crippen molar-refractivity contribution in [2.24, 2.45) is 9.98 Å². The maximum Gasteiger partial charge on any atom is 0.162 e. The van der Waals surface area contributed by atoms with Crippen LogP contribution in [0.1, 0.15) is 6.92 Å². The topological polar surface area (TPSA) is 48.6 Å². The Morgan fingerprint density at radius 3 is 2.62 bits per heavy atom. The van der Waals surface area contributed by atoms with E-state index in [0.29, 0.717) is 5.84 Å². The largest absolute Gasteiger partial charge is 0.283 e. The summed E-state index contributed by atoms with van der Waals surface area (Å²) in [4.78, 5) is 8.68. The summed E-state index contributed by atoms with van der Waals surface area (Å²) in [5, 5.41) is 7.94. The fourth-order valence-corrected chi connectivity index (χ4v) is 1.68. The van der Waals surface area contributed by atoms with Gasteiger partial charge in [-0.2, -0.15) is 0 Å². The lowest BCUT2D eigenvalue weighted by Crippen LogP contribution is -2.01. The molecule has 0 spiro atoms. The van der Waals surface area contributed by atoms with Gasteiger partial charge in [-0.25, -0.2) is 9.98 Å². The second kappa shape index (κ2) is 11.3. The SMILES string of the molecule is C=C/C=C\C=C\C(=N)\N=C(/N=C/C(/C=C\C)=C/C=C)C1=CC=C=C1. The quantitative estimate of drug-likeness (QED) is 0.295. The Hall–Kier alpha value is -3.29. The third-order valence-corrected chi connectivity index (χ3v) is 2.70. The zero-order valence-electron chi connectivity index (χ0n) is 13.8. The number of hydrogen-bond acceptors (Lipinski definition) is 1. The van der Waals surface area contributed by atoms with Crippen molar-refractivity contribution in [2.45, 2.75) is 6.92 Å². The Bertz CT molecular complexity index is 757. The van der Waals surface area contributed by atoms with Gasteiger partial charge in [0, 0.05) is 11.8 Å². The third-order valence-electron chi connectivity index (χ3n) is 2.70. The van der Waals surface area contributed by atoms with Crippen LogP contribution < -0.4 is 0 Å². The average molecular weight is 315 g/mol. The predicted molar refractivity (Wildman–Crippen MR) is 106 cm³/mol. The molecule has 1 aliphatic rings. The number of hydrogen-bond donors (Lipinski definition) is 1. The molecule has 0 atom stereocenters. The van der Waals surface area contributed by atoms with Gasteiger partial charge in [0.05, 0.1) is 0 Å². The van der Waals surface area contributed by atoms with Crippen LogP contribution in [0.5, 0.6) is 0 Å². The van der Waals surface area contributed by atoms with E-state index in [1.807, 2.05) is 31.2 Å². The second-order valence-corrected chi connectivity index (χ2v) is 4.56. The standard InChI is InChI=1S/C21H21N3/c1-4-7-8-9-16-20(22)24-21(19-14-10-11-15-19)23-17-18(12-5-2)13-6-3/h4-10,12-17,22H,1-2H2,3H3/b8-7-,13-6-,16-9+,18-12+,22-20?,23-17+,24-21-. The molecule has 0 fully saturated rings. The van der Waals surface area contributed by atoms with Crippen molar-refractivity contribution in [1.82, 2.24) is 0 Å². The van der Waals surface area contributed by atoms with E-state index in [0.717, 1.165) is 11.1 Å². The highest BCUT2D eigenvalue weighted by atomic mass is 14.9. The first-order valence-electron chi connectivity index (χ1n) is 7.47. The third kappa shape index (κ3) is 7.12. The first-order chi connectivity index (χ1) is 11.7. The minimum atomic E-state index is 0.109. The maximum atomic E-state index is 7.94. The summed E-state index contributed by atoms with van der Waals surface area (Å²) in [5.74, 6) is 0.565. The molecular formula is C21H21N3. The maximum absolute atomic E-state index is 7.94. The fourth-order valence-electron chi connectivity index (χ4n) is 1.68. The van der Waals surface area contributed by atoms with Crippen LogP contribution in [0.2, 0.25) is 0 Å². The molecule has 0 saturated heterocycles. The minimum Gasteiger partial charge on any atom is -0.283 e. The Kier molecular flexibility index (Phi) is 8.83. The molecule has 3 heteroatoms. The molecule has 0 radical (unpaired) electrons. The molecule has 0 unspecified atom stereocenters. The lowest BCUT2D eigenvalue weighted by molar-refractivity contribution is 1.43. The Morgan fingerprint density at radius 2 is 2.00 bits per heavy atom. The lowest BCUT2D eigenvalue weighted by atomic mass is 10.2. The summed E-state index contributed by atoms with van der Waals surface area (Å²) in [7, 11) is 0. The van der Waals surface area contributed by atoms with Gasteiger partial charge in [0.15, 0.2) is 5.84 Å². The number of nitrogens with one attached hydrogen (secondary N) is 1. The van der Waals surface area contributed by atoms with E-state index in [4.69, 9.17) is 5.41 Å². The van der Waals surface area contributed by atoms with Crippen LogP contribution in [-0.2, 0) is 0 Å². The van der Waals surface area contributed by atoms with E-state index in [9.17, 15) is 0 Å². The van der Waals surface area contributed by atoms with Gasteiger partial charge in [0.25, 0.3) is 0 Å². The summed E-state index contributed by atoms with van der Waals surface area (Å²) in [6.45, 7) is 9.21. The molecule has 0 saturated carbocycles. The van der Waals surface area contributed by atoms with Gasteiger partial charge in [0.2, 0.25) is 0 Å². The van der Waals surface area contributed by atoms with Gasteiger partial charge >= 0.3 is 0 Å². The van der Waals surface area contributed by atoms with E-state index >= 15 is 0 Å².